The molecule has 0 aliphatic heterocycles. The number of H-pyrrole nitrogens is 1. The average Bonchev–Trinajstić information content (AvgIpc) is 3.48. The molecule has 5 rings (SSSR count). The first-order valence-electron chi connectivity index (χ1n) is 10.9. The lowest BCUT2D eigenvalue weighted by atomic mass is 10.1. The summed E-state index contributed by atoms with van der Waals surface area (Å²) in [5.74, 6) is -0.321. The van der Waals surface area contributed by atoms with Crippen LogP contribution in [0.5, 0.6) is 0 Å². The van der Waals surface area contributed by atoms with Gasteiger partial charge in [-0.05, 0) is 61.7 Å². The van der Waals surface area contributed by atoms with Crippen LogP contribution in [0, 0.1) is 6.92 Å². The summed E-state index contributed by atoms with van der Waals surface area (Å²) >= 11 is 0. The molecule has 34 heavy (non-hydrogen) atoms. The van der Waals surface area contributed by atoms with Crippen molar-refractivity contribution in [2.75, 3.05) is 16.0 Å². The van der Waals surface area contributed by atoms with Crippen LogP contribution in [0.3, 0.4) is 0 Å². The number of anilines is 4. The number of fused-ring (bicyclic) bond motifs is 1. The van der Waals surface area contributed by atoms with E-state index in [9.17, 15) is 18.0 Å². The van der Waals surface area contributed by atoms with E-state index in [0.717, 1.165) is 41.6 Å². The molecule has 1 amide bonds. The highest BCUT2D eigenvalue weighted by molar-refractivity contribution is 6.12. The molecule has 1 saturated carbocycles. The summed E-state index contributed by atoms with van der Waals surface area (Å²) < 4.78 is 39.1. The van der Waals surface area contributed by atoms with Crippen LogP contribution in [0.2, 0.25) is 0 Å². The van der Waals surface area contributed by atoms with Gasteiger partial charge in [0, 0.05) is 40.9 Å². The Morgan fingerprint density at radius 1 is 1.09 bits per heavy atom. The predicted molar refractivity (Wildman–Crippen MR) is 127 cm³/mol. The third kappa shape index (κ3) is 4.54. The maximum Gasteiger partial charge on any atom is 0.416 e. The van der Waals surface area contributed by atoms with Crippen molar-refractivity contribution in [1.82, 2.24) is 9.97 Å². The van der Waals surface area contributed by atoms with Crippen LogP contribution in [0.15, 0.2) is 60.9 Å². The highest BCUT2D eigenvalue weighted by atomic mass is 19.4. The molecule has 0 saturated heterocycles. The highest BCUT2D eigenvalue weighted by Gasteiger charge is 2.30. The molecule has 6 nitrogen and oxygen atoms in total. The Hall–Kier alpha value is -4.01. The lowest BCUT2D eigenvalue weighted by Gasteiger charge is -2.15. The summed E-state index contributed by atoms with van der Waals surface area (Å²) in [7, 11) is 0. The molecule has 174 valence electrons. The molecule has 1 aliphatic carbocycles. The van der Waals surface area contributed by atoms with Gasteiger partial charge in [-0.1, -0.05) is 12.1 Å². The Kier molecular flexibility index (Phi) is 5.39. The van der Waals surface area contributed by atoms with Crippen LogP contribution in [-0.4, -0.2) is 21.9 Å². The number of pyridine rings is 1. The fraction of sp³-hybridized carbons (Fsp3) is 0.200. The normalized spacial score (nSPS) is 13.6. The van der Waals surface area contributed by atoms with Crippen molar-refractivity contribution in [1.29, 1.82) is 0 Å². The number of rotatable bonds is 6. The molecule has 1 fully saturated rings. The first-order chi connectivity index (χ1) is 16.3. The summed E-state index contributed by atoms with van der Waals surface area (Å²) in [4.78, 5) is 20.6. The molecule has 9 heteroatoms. The maximum absolute atomic E-state index is 13.2. The summed E-state index contributed by atoms with van der Waals surface area (Å²) in [5, 5.41) is 10.2. The van der Waals surface area contributed by atoms with Gasteiger partial charge < -0.3 is 20.9 Å². The number of aryl methyl sites for hydroxylation is 1. The van der Waals surface area contributed by atoms with Gasteiger partial charge in [-0.2, -0.15) is 13.2 Å². The molecule has 2 aromatic carbocycles. The summed E-state index contributed by atoms with van der Waals surface area (Å²) in [5.41, 5.74) is 3.34. The number of hydrogen-bond donors (Lipinski definition) is 4. The minimum atomic E-state index is -4.43. The summed E-state index contributed by atoms with van der Waals surface area (Å²) in [6.45, 7) is 1.85. The number of carbonyl (C=O) groups excluding carboxylic acids is 1. The second-order valence-electron chi connectivity index (χ2n) is 8.39. The summed E-state index contributed by atoms with van der Waals surface area (Å²) in [6.07, 6.45) is 1.00. The van der Waals surface area contributed by atoms with E-state index in [0.29, 0.717) is 34.3 Å². The third-order valence-electron chi connectivity index (χ3n) is 5.72. The number of aromatic nitrogens is 2. The monoisotopic (exact) mass is 465 g/mol. The summed E-state index contributed by atoms with van der Waals surface area (Å²) in [6, 6.07) is 12.4. The first-order valence-corrected chi connectivity index (χ1v) is 10.9. The van der Waals surface area contributed by atoms with E-state index in [1.165, 1.54) is 6.07 Å². The topological polar surface area (TPSA) is 81.8 Å². The number of carbonyl (C=O) groups is 1. The van der Waals surface area contributed by atoms with Crippen LogP contribution < -0.4 is 16.0 Å². The maximum atomic E-state index is 13.2. The number of alkyl halides is 3. The minimum Gasteiger partial charge on any atom is -0.381 e. The molecule has 0 spiro atoms. The predicted octanol–water partition coefficient (Wildman–Crippen LogP) is 6.46. The fourth-order valence-corrected chi connectivity index (χ4v) is 3.73. The zero-order valence-corrected chi connectivity index (χ0v) is 18.3. The van der Waals surface area contributed by atoms with E-state index in [4.69, 9.17) is 0 Å². The number of hydrogen-bond acceptors (Lipinski definition) is 4. The van der Waals surface area contributed by atoms with E-state index in [-0.39, 0.29) is 5.91 Å². The van der Waals surface area contributed by atoms with Gasteiger partial charge in [0.25, 0.3) is 5.91 Å². The first kappa shape index (κ1) is 21.8. The molecule has 2 aromatic heterocycles. The molecule has 0 unspecified atom stereocenters. The van der Waals surface area contributed by atoms with Crippen molar-refractivity contribution >= 4 is 39.7 Å². The second-order valence-corrected chi connectivity index (χ2v) is 8.39. The highest BCUT2D eigenvalue weighted by Crippen LogP contribution is 2.34. The third-order valence-corrected chi connectivity index (χ3v) is 5.72. The number of aromatic amines is 1. The molecule has 0 radical (unpaired) electrons. The molecule has 0 bridgehead atoms. The van der Waals surface area contributed by atoms with Gasteiger partial charge in [0.1, 0.15) is 5.65 Å². The van der Waals surface area contributed by atoms with Gasteiger partial charge in [0.15, 0.2) is 0 Å². The standard InChI is InChI=1S/C25H22F3N5O/c1-14-5-6-18(31-17-4-2-3-15(11-17)25(26,27)28)12-21(14)33-24(34)20-13-30-23-19(9-10-29-23)22(20)32-16-7-8-16/h2-6,9-13,16,31H,7-8H2,1H3,(H,33,34)(H2,29,30,32). The van der Waals surface area contributed by atoms with Crippen molar-refractivity contribution in [3.05, 3.63) is 77.6 Å². The molecule has 4 N–H and O–H groups in total. The number of halogens is 3. The Bertz CT molecular complexity index is 1370. The van der Waals surface area contributed by atoms with Crippen LogP contribution >= 0.6 is 0 Å². The zero-order valence-electron chi connectivity index (χ0n) is 18.3. The van der Waals surface area contributed by atoms with Crippen molar-refractivity contribution in [2.45, 2.75) is 32.0 Å². The van der Waals surface area contributed by atoms with Crippen molar-refractivity contribution in [3.63, 3.8) is 0 Å². The lowest BCUT2D eigenvalue weighted by molar-refractivity contribution is -0.137. The second kappa shape index (κ2) is 8.40. The van der Waals surface area contributed by atoms with Gasteiger partial charge in [-0.25, -0.2) is 4.98 Å². The van der Waals surface area contributed by atoms with E-state index in [1.807, 2.05) is 13.0 Å². The number of nitrogens with zero attached hydrogens (tertiary/aromatic N) is 1. The number of benzene rings is 2. The van der Waals surface area contributed by atoms with Crippen molar-refractivity contribution in [2.24, 2.45) is 0 Å². The fourth-order valence-electron chi connectivity index (χ4n) is 3.73. The number of nitrogens with one attached hydrogen (secondary N) is 4. The average molecular weight is 465 g/mol. The Morgan fingerprint density at radius 3 is 2.65 bits per heavy atom. The zero-order chi connectivity index (χ0) is 23.9. The Balaban J connectivity index is 1.40. The molecule has 2 heterocycles. The molecule has 4 aromatic rings. The lowest BCUT2D eigenvalue weighted by Crippen LogP contribution is -2.17. The smallest absolute Gasteiger partial charge is 0.381 e. The van der Waals surface area contributed by atoms with Gasteiger partial charge in [0.05, 0.1) is 16.8 Å². The van der Waals surface area contributed by atoms with E-state index >= 15 is 0 Å². The van der Waals surface area contributed by atoms with E-state index < -0.39 is 11.7 Å². The Labute approximate surface area is 193 Å². The van der Waals surface area contributed by atoms with Crippen LogP contribution in [-0.2, 0) is 6.18 Å². The van der Waals surface area contributed by atoms with Crippen LogP contribution in [0.25, 0.3) is 11.0 Å². The van der Waals surface area contributed by atoms with Gasteiger partial charge in [-0.3, -0.25) is 4.79 Å². The van der Waals surface area contributed by atoms with Crippen LogP contribution in [0.4, 0.5) is 35.9 Å². The number of amides is 1. The Morgan fingerprint density at radius 2 is 1.88 bits per heavy atom. The SMILES string of the molecule is Cc1ccc(Nc2cccc(C(F)(F)F)c2)cc1NC(=O)c1cnc2[nH]ccc2c1NC1CC1. The van der Waals surface area contributed by atoms with Crippen molar-refractivity contribution < 1.29 is 18.0 Å². The van der Waals surface area contributed by atoms with Gasteiger partial charge in [-0.15, -0.1) is 0 Å². The molecule has 1 aliphatic rings. The molecule has 0 atom stereocenters. The largest absolute Gasteiger partial charge is 0.416 e. The molecular formula is C25H22F3N5O. The molecular weight excluding hydrogens is 443 g/mol. The van der Waals surface area contributed by atoms with E-state index in [1.54, 1.807) is 36.7 Å². The van der Waals surface area contributed by atoms with Gasteiger partial charge >= 0.3 is 6.18 Å². The van der Waals surface area contributed by atoms with Gasteiger partial charge in [0.2, 0.25) is 0 Å². The minimum absolute atomic E-state index is 0.300. The van der Waals surface area contributed by atoms with Crippen LogP contribution in [0.1, 0.15) is 34.3 Å². The van der Waals surface area contributed by atoms with Crippen molar-refractivity contribution in [3.8, 4) is 0 Å². The van der Waals surface area contributed by atoms with E-state index in [2.05, 4.69) is 25.9 Å². The quantitative estimate of drug-likeness (QED) is 0.263.